The van der Waals surface area contributed by atoms with Gasteiger partial charge in [-0.15, -0.1) is 0 Å². The predicted molar refractivity (Wildman–Crippen MR) is 76.0 cm³/mol. The smallest absolute Gasteiger partial charge is 0.334 e. The molecule has 2 rings (SSSR count). The van der Waals surface area contributed by atoms with Crippen molar-refractivity contribution in [3.8, 4) is 5.75 Å². The summed E-state index contributed by atoms with van der Waals surface area (Å²) >= 11 is 0. The van der Waals surface area contributed by atoms with Crippen LogP contribution in [0, 0.1) is 0 Å². The Hall–Kier alpha value is -1.75. The second kappa shape index (κ2) is 6.13. The Morgan fingerprint density at radius 3 is 2.85 bits per heavy atom. The van der Waals surface area contributed by atoms with Gasteiger partial charge >= 0.3 is 5.97 Å². The Kier molecular flexibility index (Phi) is 4.49. The van der Waals surface area contributed by atoms with Crippen molar-refractivity contribution in [2.75, 3.05) is 25.6 Å². The van der Waals surface area contributed by atoms with Crippen LogP contribution >= 0.6 is 0 Å². The highest BCUT2D eigenvalue weighted by Crippen LogP contribution is 2.34. The van der Waals surface area contributed by atoms with Crippen LogP contribution in [0.3, 0.4) is 0 Å². The molecule has 0 radical (unpaired) electrons. The minimum atomic E-state index is -0.857. The normalized spacial score (nSPS) is 25.2. The average Bonchev–Trinajstić information content (AvgIpc) is 2.82. The second-order valence-electron chi connectivity index (χ2n) is 4.78. The molecule has 0 amide bonds. The van der Waals surface area contributed by atoms with Crippen LogP contribution in [-0.2, 0) is 14.3 Å². The highest BCUT2D eigenvalue weighted by molar-refractivity contribution is 5.86. The van der Waals surface area contributed by atoms with E-state index in [9.17, 15) is 4.79 Å². The van der Waals surface area contributed by atoms with Crippen molar-refractivity contribution in [1.29, 1.82) is 0 Å². The summed E-state index contributed by atoms with van der Waals surface area (Å²) < 4.78 is 16.1. The summed E-state index contributed by atoms with van der Waals surface area (Å²) in [6, 6.07) is 7.51. The van der Waals surface area contributed by atoms with Gasteiger partial charge in [0.25, 0.3) is 0 Å². The first-order valence-corrected chi connectivity index (χ1v) is 6.84. The topological polar surface area (TPSA) is 56.8 Å². The number of carbonyl (C=O) groups excluding carboxylic acids is 1. The van der Waals surface area contributed by atoms with E-state index >= 15 is 0 Å². The number of carbonyl (C=O) groups is 1. The summed E-state index contributed by atoms with van der Waals surface area (Å²) in [6.07, 6.45) is 0.317. The lowest BCUT2D eigenvalue weighted by atomic mass is 9.91. The summed E-state index contributed by atoms with van der Waals surface area (Å²) in [4.78, 5) is 12.4. The highest BCUT2D eigenvalue weighted by atomic mass is 16.5. The molecule has 2 unspecified atom stereocenters. The number of anilines is 1. The number of benzene rings is 1. The molecule has 1 aliphatic heterocycles. The van der Waals surface area contributed by atoms with Crippen molar-refractivity contribution in [2.24, 2.45) is 0 Å². The fraction of sp³-hybridized carbons (Fsp3) is 0.533. The second-order valence-corrected chi connectivity index (χ2v) is 4.78. The monoisotopic (exact) mass is 279 g/mol. The van der Waals surface area contributed by atoms with E-state index in [-0.39, 0.29) is 12.1 Å². The summed E-state index contributed by atoms with van der Waals surface area (Å²) in [6.45, 7) is 4.56. The summed E-state index contributed by atoms with van der Waals surface area (Å²) in [5, 5.41) is 3.28. The van der Waals surface area contributed by atoms with Gasteiger partial charge in [0.2, 0.25) is 0 Å². The Bertz CT molecular complexity index is 477. The molecular weight excluding hydrogens is 258 g/mol. The standard InChI is InChI=1S/C15H21NO4/c1-4-19-14(17)15(9-10-20-11(15)2)16-12-7-5-6-8-13(12)18-3/h5-8,11,16H,4,9-10H2,1-3H3. The lowest BCUT2D eigenvalue weighted by Gasteiger charge is -2.32. The molecule has 110 valence electrons. The number of hydrogen-bond acceptors (Lipinski definition) is 5. The van der Waals surface area contributed by atoms with Gasteiger partial charge < -0.3 is 19.5 Å². The zero-order valence-corrected chi connectivity index (χ0v) is 12.1. The van der Waals surface area contributed by atoms with Gasteiger partial charge in [-0.05, 0) is 26.0 Å². The number of hydrogen-bond donors (Lipinski definition) is 1. The maximum Gasteiger partial charge on any atom is 0.334 e. The molecule has 0 saturated carbocycles. The van der Waals surface area contributed by atoms with E-state index in [1.807, 2.05) is 31.2 Å². The first-order valence-electron chi connectivity index (χ1n) is 6.84. The van der Waals surface area contributed by atoms with Crippen LogP contribution in [-0.4, -0.2) is 37.9 Å². The molecule has 2 atom stereocenters. The van der Waals surface area contributed by atoms with Crippen molar-refractivity contribution in [3.63, 3.8) is 0 Å². The molecule has 5 heteroatoms. The van der Waals surface area contributed by atoms with Crippen LogP contribution in [0.2, 0.25) is 0 Å². The van der Waals surface area contributed by atoms with E-state index in [0.717, 1.165) is 5.69 Å². The van der Waals surface area contributed by atoms with E-state index in [0.29, 0.717) is 25.4 Å². The third kappa shape index (κ3) is 2.58. The molecule has 0 bridgehead atoms. The van der Waals surface area contributed by atoms with E-state index in [1.165, 1.54) is 0 Å². The summed E-state index contributed by atoms with van der Waals surface area (Å²) in [5.41, 5.74) is -0.0922. The van der Waals surface area contributed by atoms with Crippen LogP contribution in [0.5, 0.6) is 5.75 Å². The minimum absolute atomic E-state index is 0.258. The molecular formula is C15H21NO4. The Labute approximate surface area is 119 Å². The molecule has 1 saturated heterocycles. The van der Waals surface area contributed by atoms with Crippen LogP contribution in [0.1, 0.15) is 20.3 Å². The highest BCUT2D eigenvalue weighted by Gasteiger charge is 2.50. The zero-order chi connectivity index (χ0) is 14.6. The summed E-state index contributed by atoms with van der Waals surface area (Å²) in [7, 11) is 1.60. The fourth-order valence-corrected chi connectivity index (χ4v) is 2.47. The SMILES string of the molecule is CCOC(=O)C1(Nc2ccccc2OC)CCOC1C. The molecule has 1 aromatic carbocycles. The van der Waals surface area contributed by atoms with Gasteiger partial charge in [-0.25, -0.2) is 4.79 Å². The predicted octanol–water partition coefficient (Wildman–Crippen LogP) is 2.22. The first kappa shape index (κ1) is 14.7. The minimum Gasteiger partial charge on any atom is -0.495 e. The number of para-hydroxylation sites is 2. The van der Waals surface area contributed by atoms with Crippen molar-refractivity contribution in [3.05, 3.63) is 24.3 Å². The molecule has 1 N–H and O–H groups in total. The molecule has 20 heavy (non-hydrogen) atoms. The van der Waals surface area contributed by atoms with E-state index in [1.54, 1.807) is 14.0 Å². The van der Waals surface area contributed by atoms with Gasteiger partial charge in [0.15, 0.2) is 5.54 Å². The summed E-state index contributed by atoms with van der Waals surface area (Å²) in [5.74, 6) is 0.408. The number of methoxy groups -OCH3 is 1. The van der Waals surface area contributed by atoms with Gasteiger partial charge in [0.05, 0.1) is 25.5 Å². The third-order valence-corrected chi connectivity index (χ3v) is 3.66. The van der Waals surface area contributed by atoms with Crippen LogP contribution in [0.15, 0.2) is 24.3 Å². The molecule has 1 fully saturated rings. The van der Waals surface area contributed by atoms with E-state index in [2.05, 4.69) is 5.32 Å². The van der Waals surface area contributed by atoms with E-state index in [4.69, 9.17) is 14.2 Å². The van der Waals surface area contributed by atoms with Crippen molar-refractivity contribution in [2.45, 2.75) is 31.9 Å². The molecule has 0 aromatic heterocycles. The molecule has 0 aliphatic carbocycles. The molecule has 1 heterocycles. The number of ether oxygens (including phenoxy) is 3. The fourth-order valence-electron chi connectivity index (χ4n) is 2.47. The van der Waals surface area contributed by atoms with Gasteiger partial charge in [0, 0.05) is 13.0 Å². The van der Waals surface area contributed by atoms with Crippen LogP contribution < -0.4 is 10.1 Å². The molecule has 5 nitrogen and oxygen atoms in total. The quantitative estimate of drug-likeness (QED) is 0.838. The molecule has 0 spiro atoms. The maximum absolute atomic E-state index is 12.4. The van der Waals surface area contributed by atoms with Crippen molar-refractivity contribution < 1.29 is 19.0 Å². The van der Waals surface area contributed by atoms with Crippen LogP contribution in [0.25, 0.3) is 0 Å². The Morgan fingerprint density at radius 2 is 2.25 bits per heavy atom. The third-order valence-electron chi connectivity index (χ3n) is 3.66. The van der Waals surface area contributed by atoms with Gasteiger partial charge in [-0.1, -0.05) is 12.1 Å². The number of rotatable bonds is 5. The first-order chi connectivity index (χ1) is 9.64. The molecule has 1 aliphatic rings. The maximum atomic E-state index is 12.4. The van der Waals surface area contributed by atoms with Crippen molar-refractivity contribution >= 4 is 11.7 Å². The number of esters is 1. The van der Waals surface area contributed by atoms with Crippen molar-refractivity contribution in [1.82, 2.24) is 0 Å². The molecule has 1 aromatic rings. The lowest BCUT2D eigenvalue weighted by Crippen LogP contribution is -2.52. The van der Waals surface area contributed by atoms with Crippen LogP contribution in [0.4, 0.5) is 5.69 Å². The Morgan fingerprint density at radius 1 is 1.50 bits per heavy atom. The lowest BCUT2D eigenvalue weighted by molar-refractivity contribution is -0.150. The van der Waals surface area contributed by atoms with Gasteiger partial charge in [0.1, 0.15) is 5.75 Å². The van der Waals surface area contributed by atoms with E-state index < -0.39 is 5.54 Å². The average molecular weight is 279 g/mol. The largest absolute Gasteiger partial charge is 0.495 e. The van der Waals surface area contributed by atoms with Gasteiger partial charge in [-0.3, -0.25) is 0 Å². The Balaban J connectivity index is 2.31. The van der Waals surface area contributed by atoms with Gasteiger partial charge in [-0.2, -0.15) is 0 Å². The zero-order valence-electron chi connectivity index (χ0n) is 12.1. The number of nitrogens with one attached hydrogen (secondary N) is 1.